The molecule has 2 saturated heterocycles. The van der Waals surface area contributed by atoms with Crippen molar-refractivity contribution in [2.45, 2.75) is 18.6 Å². The molecule has 2 fully saturated rings. The highest BCUT2D eigenvalue weighted by molar-refractivity contribution is 5.98. The lowest BCUT2D eigenvalue weighted by molar-refractivity contribution is -0.181. The zero-order valence-corrected chi connectivity index (χ0v) is 13.0. The van der Waals surface area contributed by atoms with Gasteiger partial charge in [-0.25, -0.2) is 4.39 Å². The zero-order valence-electron chi connectivity index (χ0n) is 13.0. The van der Waals surface area contributed by atoms with Crippen molar-refractivity contribution in [3.8, 4) is 0 Å². The van der Waals surface area contributed by atoms with E-state index in [4.69, 9.17) is 9.47 Å². The predicted octanol–water partition coefficient (Wildman–Crippen LogP) is 2.30. The molecular weight excluding hydrogens is 299 g/mol. The minimum Gasteiger partial charge on any atom is -0.347 e. The smallest absolute Gasteiger partial charge is 0.270 e. The molecule has 0 aliphatic carbocycles. The van der Waals surface area contributed by atoms with Crippen molar-refractivity contribution >= 4 is 16.8 Å². The number of aryl methyl sites for hydroxylation is 1. The van der Waals surface area contributed by atoms with Crippen LogP contribution in [0, 0.1) is 5.82 Å². The number of halogens is 1. The number of piperidine rings is 1. The number of rotatable bonds is 1. The maximum atomic E-state index is 13.9. The first-order valence-corrected chi connectivity index (χ1v) is 7.91. The van der Waals surface area contributed by atoms with Gasteiger partial charge in [-0.05, 0) is 18.2 Å². The van der Waals surface area contributed by atoms with Crippen molar-refractivity contribution in [1.82, 2.24) is 9.47 Å². The van der Waals surface area contributed by atoms with E-state index in [2.05, 4.69) is 0 Å². The third-order valence-electron chi connectivity index (χ3n) is 4.88. The number of amides is 1. The molecule has 0 N–H and O–H groups in total. The van der Waals surface area contributed by atoms with Crippen LogP contribution in [0.1, 0.15) is 23.3 Å². The number of benzene rings is 1. The largest absolute Gasteiger partial charge is 0.347 e. The van der Waals surface area contributed by atoms with Gasteiger partial charge in [0.2, 0.25) is 0 Å². The maximum absolute atomic E-state index is 13.9. The van der Waals surface area contributed by atoms with Gasteiger partial charge in [0.25, 0.3) is 5.91 Å². The summed E-state index contributed by atoms with van der Waals surface area (Å²) in [6, 6.07) is 6.53. The summed E-state index contributed by atoms with van der Waals surface area (Å²) < 4.78 is 27.0. The van der Waals surface area contributed by atoms with Crippen molar-refractivity contribution in [2.24, 2.45) is 7.05 Å². The van der Waals surface area contributed by atoms with E-state index in [9.17, 15) is 9.18 Å². The average Bonchev–Trinajstić information content (AvgIpc) is 3.14. The molecule has 0 radical (unpaired) electrons. The van der Waals surface area contributed by atoms with E-state index in [1.54, 1.807) is 28.6 Å². The summed E-state index contributed by atoms with van der Waals surface area (Å²) in [5.74, 6) is -0.875. The third kappa shape index (κ3) is 2.33. The third-order valence-corrected chi connectivity index (χ3v) is 4.88. The van der Waals surface area contributed by atoms with Gasteiger partial charge in [-0.3, -0.25) is 4.79 Å². The van der Waals surface area contributed by atoms with Gasteiger partial charge < -0.3 is 18.9 Å². The standard InChI is InChI=1S/C17H19FN2O3/c1-19-14-4-2-3-13(18)12(14)11-15(19)16(21)20-7-5-17(6-8-20)22-9-10-23-17/h2-4,11H,5-10H2,1H3. The van der Waals surface area contributed by atoms with Crippen molar-refractivity contribution in [1.29, 1.82) is 0 Å². The molecule has 5 nitrogen and oxygen atoms in total. The van der Waals surface area contributed by atoms with Gasteiger partial charge in [-0.2, -0.15) is 0 Å². The predicted molar refractivity (Wildman–Crippen MR) is 82.6 cm³/mol. The summed E-state index contributed by atoms with van der Waals surface area (Å²) >= 11 is 0. The lowest BCUT2D eigenvalue weighted by atomic mass is 10.0. The quantitative estimate of drug-likeness (QED) is 0.810. The number of nitrogens with zero attached hydrogens (tertiary/aromatic N) is 2. The minimum absolute atomic E-state index is 0.0732. The van der Waals surface area contributed by atoms with Crippen LogP contribution in [0.2, 0.25) is 0 Å². The van der Waals surface area contributed by atoms with Gasteiger partial charge in [0, 0.05) is 38.4 Å². The van der Waals surface area contributed by atoms with Crippen LogP contribution < -0.4 is 0 Å². The van der Waals surface area contributed by atoms with Crippen molar-refractivity contribution < 1.29 is 18.7 Å². The monoisotopic (exact) mass is 318 g/mol. The first-order valence-electron chi connectivity index (χ1n) is 7.91. The number of likely N-dealkylation sites (tertiary alicyclic amines) is 1. The number of carbonyl (C=O) groups excluding carboxylic acids is 1. The van der Waals surface area contributed by atoms with E-state index in [1.165, 1.54) is 6.07 Å². The van der Waals surface area contributed by atoms with Crippen LogP contribution in [0.5, 0.6) is 0 Å². The van der Waals surface area contributed by atoms with E-state index in [0.29, 0.717) is 50.2 Å². The molecule has 0 bridgehead atoms. The number of hydrogen-bond donors (Lipinski definition) is 0. The maximum Gasteiger partial charge on any atom is 0.270 e. The molecule has 122 valence electrons. The Bertz CT molecular complexity index is 755. The summed E-state index contributed by atoms with van der Waals surface area (Å²) in [4.78, 5) is 14.6. The lowest BCUT2D eigenvalue weighted by Gasteiger charge is -2.37. The molecule has 2 aliphatic rings. The molecule has 3 heterocycles. The first-order chi connectivity index (χ1) is 11.1. The summed E-state index contributed by atoms with van der Waals surface area (Å²) in [7, 11) is 1.80. The van der Waals surface area contributed by atoms with Crippen LogP contribution in [0.3, 0.4) is 0 Å². The highest BCUT2D eigenvalue weighted by Gasteiger charge is 2.41. The second-order valence-electron chi connectivity index (χ2n) is 6.16. The van der Waals surface area contributed by atoms with Gasteiger partial charge in [0.05, 0.1) is 18.7 Å². The van der Waals surface area contributed by atoms with Crippen LogP contribution in [0.4, 0.5) is 4.39 Å². The fourth-order valence-corrected chi connectivity index (χ4v) is 3.53. The SMILES string of the molecule is Cn1c(C(=O)N2CCC3(CC2)OCCO3)cc2c(F)cccc21. The molecule has 0 atom stereocenters. The van der Waals surface area contributed by atoms with Gasteiger partial charge in [0.1, 0.15) is 11.5 Å². The first kappa shape index (κ1) is 14.7. The Kier molecular flexibility index (Phi) is 3.39. The van der Waals surface area contributed by atoms with Crippen molar-refractivity contribution in [3.05, 3.63) is 35.8 Å². The van der Waals surface area contributed by atoms with Crippen LogP contribution in [-0.4, -0.2) is 47.5 Å². The number of carbonyl (C=O) groups is 1. The summed E-state index contributed by atoms with van der Waals surface area (Å²) in [5, 5.41) is 0.481. The molecule has 23 heavy (non-hydrogen) atoms. The van der Waals surface area contributed by atoms with Crippen molar-refractivity contribution in [3.63, 3.8) is 0 Å². The van der Waals surface area contributed by atoms with Gasteiger partial charge in [-0.1, -0.05) is 6.07 Å². The number of fused-ring (bicyclic) bond motifs is 1. The number of ether oxygens (including phenoxy) is 2. The highest BCUT2D eigenvalue weighted by atomic mass is 19.1. The molecular formula is C17H19FN2O3. The normalized spacial score (nSPS) is 20.5. The summed E-state index contributed by atoms with van der Waals surface area (Å²) in [5.41, 5.74) is 1.23. The zero-order chi connectivity index (χ0) is 16.0. The van der Waals surface area contributed by atoms with E-state index >= 15 is 0 Å². The van der Waals surface area contributed by atoms with Gasteiger partial charge in [0.15, 0.2) is 5.79 Å². The average molecular weight is 318 g/mol. The molecule has 1 aromatic carbocycles. The molecule has 1 amide bonds. The van der Waals surface area contributed by atoms with E-state index < -0.39 is 5.79 Å². The van der Waals surface area contributed by atoms with Crippen LogP contribution in [0.25, 0.3) is 10.9 Å². The van der Waals surface area contributed by atoms with Crippen molar-refractivity contribution in [2.75, 3.05) is 26.3 Å². The van der Waals surface area contributed by atoms with Crippen LogP contribution >= 0.6 is 0 Å². The molecule has 4 rings (SSSR count). The second-order valence-corrected chi connectivity index (χ2v) is 6.16. The Morgan fingerprint density at radius 3 is 2.57 bits per heavy atom. The molecule has 6 heteroatoms. The molecule has 1 spiro atoms. The Morgan fingerprint density at radius 1 is 1.22 bits per heavy atom. The Balaban J connectivity index is 1.58. The van der Waals surface area contributed by atoms with Gasteiger partial charge >= 0.3 is 0 Å². The van der Waals surface area contributed by atoms with Gasteiger partial charge in [-0.15, -0.1) is 0 Å². The summed E-state index contributed by atoms with van der Waals surface area (Å²) in [6.07, 6.45) is 1.36. The fraction of sp³-hybridized carbons (Fsp3) is 0.471. The molecule has 2 aliphatic heterocycles. The molecule has 2 aromatic rings. The Hall–Kier alpha value is -1.92. The Labute approximate surface area is 133 Å². The minimum atomic E-state index is -0.498. The van der Waals surface area contributed by atoms with E-state index in [1.807, 2.05) is 6.07 Å². The number of aromatic nitrogens is 1. The van der Waals surface area contributed by atoms with E-state index in [-0.39, 0.29) is 11.7 Å². The number of hydrogen-bond acceptors (Lipinski definition) is 3. The molecule has 0 unspecified atom stereocenters. The second kappa shape index (κ2) is 5.32. The fourth-order valence-electron chi connectivity index (χ4n) is 3.53. The van der Waals surface area contributed by atoms with E-state index in [0.717, 1.165) is 5.52 Å². The molecule has 0 saturated carbocycles. The Morgan fingerprint density at radius 2 is 1.91 bits per heavy atom. The van der Waals surface area contributed by atoms with Crippen LogP contribution in [0.15, 0.2) is 24.3 Å². The topological polar surface area (TPSA) is 43.7 Å². The molecule has 1 aromatic heterocycles. The highest BCUT2D eigenvalue weighted by Crippen LogP contribution is 2.32. The van der Waals surface area contributed by atoms with Crippen LogP contribution in [-0.2, 0) is 16.5 Å². The lowest BCUT2D eigenvalue weighted by Crippen LogP contribution is -2.47. The summed E-state index contributed by atoms with van der Waals surface area (Å²) in [6.45, 7) is 2.42.